The normalized spacial score (nSPS) is 12.6. The van der Waals surface area contributed by atoms with E-state index in [9.17, 15) is 0 Å². The Morgan fingerprint density at radius 2 is 1.94 bits per heavy atom. The Balaban J connectivity index is 2.09. The third-order valence-corrected chi connectivity index (χ3v) is 3.25. The van der Waals surface area contributed by atoms with Gasteiger partial charge in [-0.3, -0.25) is 0 Å². The van der Waals surface area contributed by atoms with Crippen molar-refractivity contribution < 1.29 is 0 Å². The molecule has 1 aromatic rings. The number of rotatable bonds is 9. The van der Waals surface area contributed by atoms with Crippen LogP contribution in [-0.2, 0) is 6.42 Å². The SMILES string of the molecule is CCCNCC(C)NCCCc1ccccc1C. The summed E-state index contributed by atoms with van der Waals surface area (Å²) in [7, 11) is 0. The second-order valence-corrected chi connectivity index (χ2v) is 5.09. The molecule has 18 heavy (non-hydrogen) atoms. The van der Waals surface area contributed by atoms with Crippen molar-refractivity contribution in [3.63, 3.8) is 0 Å². The van der Waals surface area contributed by atoms with E-state index in [4.69, 9.17) is 0 Å². The standard InChI is InChI=1S/C16H28N2/c1-4-11-17-13-15(3)18-12-7-10-16-9-6-5-8-14(16)2/h5-6,8-9,15,17-18H,4,7,10-13H2,1-3H3. The lowest BCUT2D eigenvalue weighted by molar-refractivity contribution is 0.495. The van der Waals surface area contributed by atoms with Crippen molar-refractivity contribution in [3.05, 3.63) is 35.4 Å². The van der Waals surface area contributed by atoms with Gasteiger partial charge in [-0.05, 0) is 57.3 Å². The Morgan fingerprint density at radius 3 is 2.67 bits per heavy atom. The fourth-order valence-electron chi connectivity index (χ4n) is 2.09. The maximum Gasteiger partial charge on any atom is 0.0164 e. The van der Waals surface area contributed by atoms with Gasteiger partial charge in [-0.2, -0.15) is 0 Å². The van der Waals surface area contributed by atoms with Gasteiger partial charge in [0.15, 0.2) is 0 Å². The Bertz CT molecular complexity index is 323. The van der Waals surface area contributed by atoms with E-state index >= 15 is 0 Å². The molecule has 0 saturated heterocycles. The monoisotopic (exact) mass is 248 g/mol. The molecule has 102 valence electrons. The summed E-state index contributed by atoms with van der Waals surface area (Å²) in [4.78, 5) is 0. The maximum atomic E-state index is 3.57. The van der Waals surface area contributed by atoms with Crippen LogP contribution >= 0.6 is 0 Å². The van der Waals surface area contributed by atoms with Gasteiger partial charge in [0.2, 0.25) is 0 Å². The van der Waals surface area contributed by atoms with E-state index in [2.05, 4.69) is 55.7 Å². The number of aryl methyl sites for hydroxylation is 2. The second kappa shape index (κ2) is 9.12. The lowest BCUT2D eigenvalue weighted by Gasteiger charge is -2.14. The minimum absolute atomic E-state index is 0.563. The Morgan fingerprint density at radius 1 is 1.17 bits per heavy atom. The smallest absolute Gasteiger partial charge is 0.0164 e. The van der Waals surface area contributed by atoms with E-state index in [0.29, 0.717) is 6.04 Å². The van der Waals surface area contributed by atoms with Crippen LogP contribution in [0.4, 0.5) is 0 Å². The van der Waals surface area contributed by atoms with Crippen molar-refractivity contribution in [1.29, 1.82) is 0 Å². The van der Waals surface area contributed by atoms with Crippen LogP contribution < -0.4 is 10.6 Å². The Labute approximate surface area is 112 Å². The fourth-order valence-corrected chi connectivity index (χ4v) is 2.09. The van der Waals surface area contributed by atoms with Crippen LogP contribution in [0.25, 0.3) is 0 Å². The average molecular weight is 248 g/mol. The minimum atomic E-state index is 0.563. The van der Waals surface area contributed by atoms with E-state index in [1.165, 1.54) is 30.4 Å². The average Bonchev–Trinajstić information content (AvgIpc) is 2.37. The lowest BCUT2D eigenvalue weighted by Crippen LogP contribution is -2.37. The molecule has 2 nitrogen and oxygen atoms in total. The summed E-state index contributed by atoms with van der Waals surface area (Å²) in [5.74, 6) is 0. The fraction of sp³-hybridized carbons (Fsp3) is 0.625. The molecule has 0 aromatic heterocycles. The van der Waals surface area contributed by atoms with E-state index in [0.717, 1.165) is 19.6 Å². The molecule has 1 unspecified atom stereocenters. The van der Waals surface area contributed by atoms with Gasteiger partial charge in [-0.15, -0.1) is 0 Å². The van der Waals surface area contributed by atoms with Crippen LogP contribution in [-0.4, -0.2) is 25.7 Å². The molecular weight excluding hydrogens is 220 g/mol. The predicted molar refractivity (Wildman–Crippen MR) is 80.1 cm³/mol. The van der Waals surface area contributed by atoms with Gasteiger partial charge in [0, 0.05) is 12.6 Å². The summed E-state index contributed by atoms with van der Waals surface area (Å²) in [6.07, 6.45) is 3.59. The van der Waals surface area contributed by atoms with Gasteiger partial charge < -0.3 is 10.6 Å². The van der Waals surface area contributed by atoms with Crippen LogP contribution in [0.3, 0.4) is 0 Å². The molecule has 0 heterocycles. The van der Waals surface area contributed by atoms with Gasteiger partial charge in [0.1, 0.15) is 0 Å². The third kappa shape index (κ3) is 6.18. The van der Waals surface area contributed by atoms with Gasteiger partial charge in [0.25, 0.3) is 0 Å². The number of hydrogen-bond donors (Lipinski definition) is 2. The van der Waals surface area contributed by atoms with Gasteiger partial charge >= 0.3 is 0 Å². The summed E-state index contributed by atoms with van der Waals surface area (Å²) in [6.45, 7) is 9.93. The minimum Gasteiger partial charge on any atom is -0.315 e. The summed E-state index contributed by atoms with van der Waals surface area (Å²) in [5, 5.41) is 7.01. The van der Waals surface area contributed by atoms with Crippen LogP contribution in [0, 0.1) is 6.92 Å². The highest BCUT2D eigenvalue weighted by atomic mass is 15.0. The zero-order chi connectivity index (χ0) is 13.2. The topological polar surface area (TPSA) is 24.1 Å². The highest BCUT2D eigenvalue weighted by molar-refractivity contribution is 5.25. The molecule has 0 aliphatic rings. The molecule has 0 saturated carbocycles. The highest BCUT2D eigenvalue weighted by Gasteiger charge is 2.00. The number of nitrogens with one attached hydrogen (secondary N) is 2. The van der Waals surface area contributed by atoms with Crippen molar-refractivity contribution in [2.75, 3.05) is 19.6 Å². The predicted octanol–water partition coefficient (Wildman–Crippen LogP) is 2.91. The number of benzene rings is 1. The van der Waals surface area contributed by atoms with E-state index < -0.39 is 0 Å². The molecule has 0 aliphatic carbocycles. The Hall–Kier alpha value is -0.860. The van der Waals surface area contributed by atoms with E-state index in [1.54, 1.807) is 0 Å². The first-order chi connectivity index (χ1) is 8.74. The molecule has 2 heteroatoms. The van der Waals surface area contributed by atoms with Gasteiger partial charge in [0.05, 0.1) is 0 Å². The largest absolute Gasteiger partial charge is 0.315 e. The molecule has 0 bridgehead atoms. The highest BCUT2D eigenvalue weighted by Crippen LogP contribution is 2.08. The summed E-state index contributed by atoms with van der Waals surface area (Å²) in [5.41, 5.74) is 2.89. The first-order valence-corrected chi connectivity index (χ1v) is 7.22. The van der Waals surface area contributed by atoms with Crippen molar-refractivity contribution in [2.45, 2.75) is 46.1 Å². The first kappa shape index (κ1) is 15.2. The molecule has 1 atom stereocenters. The second-order valence-electron chi connectivity index (χ2n) is 5.09. The zero-order valence-corrected chi connectivity index (χ0v) is 12.1. The Kier molecular flexibility index (Phi) is 7.70. The molecule has 1 aromatic carbocycles. The first-order valence-electron chi connectivity index (χ1n) is 7.22. The summed E-state index contributed by atoms with van der Waals surface area (Å²) < 4.78 is 0. The van der Waals surface area contributed by atoms with E-state index in [-0.39, 0.29) is 0 Å². The summed E-state index contributed by atoms with van der Waals surface area (Å²) in [6, 6.07) is 9.24. The lowest BCUT2D eigenvalue weighted by atomic mass is 10.0. The van der Waals surface area contributed by atoms with Crippen molar-refractivity contribution >= 4 is 0 Å². The van der Waals surface area contributed by atoms with Crippen LogP contribution in [0.2, 0.25) is 0 Å². The molecule has 2 N–H and O–H groups in total. The maximum absolute atomic E-state index is 3.57. The van der Waals surface area contributed by atoms with Crippen molar-refractivity contribution in [1.82, 2.24) is 10.6 Å². The molecule has 0 radical (unpaired) electrons. The zero-order valence-electron chi connectivity index (χ0n) is 12.1. The van der Waals surface area contributed by atoms with Crippen LogP contribution in [0.1, 0.15) is 37.8 Å². The third-order valence-electron chi connectivity index (χ3n) is 3.25. The molecule has 0 spiro atoms. The summed E-state index contributed by atoms with van der Waals surface area (Å²) >= 11 is 0. The molecule has 0 aliphatic heterocycles. The van der Waals surface area contributed by atoms with Gasteiger partial charge in [-0.1, -0.05) is 31.2 Å². The molecular formula is C16H28N2. The van der Waals surface area contributed by atoms with Crippen molar-refractivity contribution in [2.24, 2.45) is 0 Å². The molecule has 0 amide bonds. The number of hydrogen-bond acceptors (Lipinski definition) is 2. The molecule has 0 fully saturated rings. The van der Waals surface area contributed by atoms with Crippen molar-refractivity contribution in [3.8, 4) is 0 Å². The van der Waals surface area contributed by atoms with E-state index in [1.807, 2.05) is 0 Å². The van der Waals surface area contributed by atoms with Gasteiger partial charge in [-0.25, -0.2) is 0 Å². The molecule has 1 rings (SSSR count). The van der Waals surface area contributed by atoms with Crippen LogP contribution in [0.15, 0.2) is 24.3 Å². The van der Waals surface area contributed by atoms with Crippen LogP contribution in [0.5, 0.6) is 0 Å². The quantitative estimate of drug-likeness (QED) is 0.657.